The van der Waals surface area contributed by atoms with E-state index in [-0.39, 0.29) is 37.5 Å². The molecule has 5 rings (SSSR count). The number of carbonyl (C=O) groups is 2. The molecule has 3 aromatic rings. The lowest BCUT2D eigenvalue weighted by atomic mass is 9.86. The van der Waals surface area contributed by atoms with E-state index in [1.54, 1.807) is 0 Å². The van der Waals surface area contributed by atoms with Gasteiger partial charge >= 0.3 is 11.9 Å². The van der Waals surface area contributed by atoms with Crippen molar-refractivity contribution in [2.45, 2.75) is 89.9 Å². The first-order valence-corrected chi connectivity index (χ1v) is 14.9. The summed E-state index contributed by atoms with van der Waals surface area (Å²) in [4.78, 5) is 25.7. The first-order chi connectivity index (χ1) is 21.0. The van der Waals surface area contributed by atoms with Gasteiger partial charge in [-0.05, 0) is 24.7 Å². The van der Waals surface area contributed by atoms with E-state index in [2.05, 4.69) is 0 Å². The predicted octanol–water partition coefficient (Wildman–Crippen LogP) is 9.64. The van der Waals surface area contributed by atoms with Crippen molar-refractivity contribution in [1.82, 2.24) is 0 Å². The average Bonchev–Trinajstić information content (AvgIpc) is 3.03. The Bertz CT molecular complexity index is 1410. The molecule has 0 aromatic heterocycles. The van der Waals surface area contributed by atoms with Gasteiger partial charge in [-0.3, -0.25) is 9.59 Å². The standard InChI is InChI=1S/C32H30F8O4/c33-23-19-21(25(35)29(39)27(23)37)32(44-18(42)14-12-16-9-5-2-6-10-16)22-20(24(34)28(38)30(40)26(22)36)31(19)43-17(41)13-11-15-7-3-1-4-8-15/h15-16H,1-14H2. The predicted molar refractivity (Wildman–Crippen MR) is 144 cm³/mol. The molecule has 2 saturated carbocycles. The second-order valence-electron chi connectivity index (χ2n) is 11.7. The molecular weight excluding hydrogens is 600 g/mol. The Hall–Kier alpha value is -3.44. The molecule has 2 aliphatic rings. The van der Waals surface area contributed by atoms with E-state index >= 15 is 17.6 Å². The number of esters is 2. The number of hydrogen-bond acceptors (Lipinski definition) is 4. The van der Waals surface area contributed by atoms with Crippen molar-refractivity contribution in [3.63, 3.8) is 0 Å². The molecule has 0 atom stereocenters. The van der Waals surface area contributed by atoms with Crippen LogP contribution in [0.15, 0.2) is 0 Å². The fraction of sp³-hybridized carbons (Fsp3) is 0.500. The third-order valence-corrected chi connectivity index (χ3v) is 8.84. The zero-order valence-corrected chi connectivity index (χ0v) is 23.7. The Morgan fingerprint density at radius 3 is 1.00 bits per heavy atom. The molecule has 0 N–H and O–H groups in total. The molecule has 0 spiro atoms. The summed E-state index contributed by atoms with van der Waals surface area (Å²) in [6.07, 6.45) is 8.91. The summed E-state index contributed by atoms with van der Waals surface area (Å²) in [5.41, 5.74) is 0. The monoisotopic (exact) mass is 630 g/mol. The maximum Gasteiger partial charge on any atom is 0.311 e. The number of ether oxygens (including phenoxy) is 2. The fourth-order valence-electron chi connectivity index (χ4n) is 6.50. The van der Waals surface area contributed by atoms with Crippen LogP contribution in [0, 0.1) is 58.4 Å². The van der Waals surface area contributed by atoms with E-state index in [4.69, 9.17) is 9.47 Å². The van der Waals surface area contributed by atoms with E-state index in [0.29, 0.717) is 0 Å². The van der Waals surface area contributed by atoms with Gasteiger partial charge in [-0.15, -0.1) is 0 Å². The number of carbonyl (C=O) groups excluding carboxylic acids is 2. The van der Waals surface area contributed by atoms with Gasteiger partial charge in [0.15, 0.2) is 58.0 Å². The summed E-state index contributed by atoms with van der Waals surface area (Å²) in [5, 5.41) is -5.78. The van der Waals surface area contributed by atoms with Gasteiger partial charge in [-0.2, -0.15) is 0 Å². The maximum absolute atomic E-state index is 15.4. The number of benzene rings is 3. The zero-order chi connectivity index (χ0) is 31.7. The molecular formula is C32H30F8O4. The van der Waals surface area contributed by atoms with Gasteiger partial charge in [0.05, 0.1) is 21.5 Å². The van der Waals surface area contributed by atoms with Gasteiger partial charge in [0.25, 0.3) is 0 Å². The van der Waals surface area contributed by atoms with Crippen molar-refractivity contribution in [2.75, 3.05) is 0 Å². The number of halogens is 8. The minimum Gasteiger partial charge on any atom is -0.425 e. The van der Waals surface area contributed by atoms with Crippen LogP contribution in [-0.4, -0.2) is 11.9 Å². The van der Waals surface area contributed by atoms with Crippen LogP contribution < -0.4 is 9.47 Å². The zero-order valence-electron chi connectivity index (χ0n) is 23.7. The first kappa shape index (κ1) is 32.0. The Labute approximate surface area is 247 Å². The number of fused-ring (bicyclic) bond motifs is 2. The lowest BCUT2D eigenvalue weighted by molar-refractivity contribution is -0.135. The third kappa shape index (κ3) is 6.08. The van der Waals surface area contributed by atoms with Crippen LogP contribution in [0.25, 0.3) is 21.5 Å². The minimum absolute atomic E-state index is 0.127. The first-order valence-electron chi connectivity index (χ1n) is 14.9. The van der Waals surface area contributed by atoms with E-state index in [0.717, 1.165) is 64.2 Å². The lowest BCUT2D eigenvalue weighted by Crippen LogP contribution is -2.16. The topological polar surface area (TPSA) is 52.6 Å². The highest BCUT2D eigenvalue weighted by Gasteiger charge is 2.36. The van der Waals surface area contributed by atoms with Crippen LogP contribution in [0.2, 0.25) is 0 Å². The van der Waals surface area contributed by atoms with E-state index in [9.17, 15) is 27.2 Å². The van der Waals surface area contributed by atoms with Crippen molar-refractivity contribution in [2.24, 2.45) is 11.8 Å². The molecule has 0 bridgehead atoms. The molecule has 2 aliphatic carbocycles. The normalized spacial score (nSPS) is 16.5. The Balaban J connectivity index is 1.67. The molecule has 0 unspecified atom stereocenters. The van der Waals surface area contributed by atoms with Gasteiger partial charge in [0.1, 0.15) is 0 Å². The van der Waals surface area contributed by atoms with Gasteiger partial charge < -0.3 is 9.47 Å². The molecule has 0 radical (unpaired) electrons. The average molecular weight is 631 g/mol. The number of rotatable bonds is 8. The van der Waals surface area contributed by atoms with Crippen molar-refractivity contribution < 1.29 is 54.2 Å². The van der Waals surface area contributed by atoms with Crippen molar-refractivity contribution in [3.05, 3.63) is 46.5 Å². The SMILES string of the molecule is O=C(CCC1CCCCC1)Oc1c2c(F)c(F)c(F)c(F)c2c(OC(=O)CCC2CCCCC2)c2c(F)c(F)c(F)c(F)c12. The summed E-state index contributed by atoms with van der Waals surface area (Å²) < 4.78 is 130. The quantitative estimate of drug-likeness (QED) is 0.0621. The molecule has 2 fully saturated rings. The minimum atomic E-state index is -2.41. The largest absolute Gasteiger partial charge is 0.425 e. The van der Waals surface area contributed by atoms with Gasteiger partial charge in [0, 0.05) is 12.8 Å². The Kier molecular flexibility index (Phi) is 9.65. The molecule has 4 nitrogen and oxygen atoms in total. The van der Waals surface area contributed by atoms with Crippen LogP contribution in [0.1, 0.15) is 89.9 Å². The smallest absolute Gasteiger partial charge is 0.311 e. The third-order valence-electron chi connectivity index (χ3n) is 8.84. The lowest BCUT2D eigenvalue weighted by Gasteiger charge is -2.22. The molecule has 0 amide bonds. The van der Waals surface area contributed by atoms with Crippen LogP contribution in [0.5, 0.6) is 11.5 Å². The summed E-state index contributed by atoms with van der Waals surface area (Å²) >= 11 is 0. The van der Waals surface area contributed by atoms with Gasteiger partial charge in [-0.25, -0.2) is 35.1 Å². The summed E-state index contributed by atoms with van der Waals surface area (Å²) in [7, 11) is 0. The molecule has 12 heteroatoms. The fourth-order valence-corrected chi connectivity index (χ4v) is 6.50. The highest BCUT2D eigenvalue weighted by atomic mass is 19.2. The maximum atomic E-state index is 15.4. The molecule has 0 aliphatic heterocycles. The molecule has 0 saturated heterocycles. The van der Waals surface area contributed by atoms with Crippen LogP contribution >= 0.6 is 0 Å². The molecule has 0 heterocycles. The van der Waals surface area contributed by atoms with Gasteiger partial charge in [-0.1, -0.05) is 64.2 Å². The molecule has 3 aromatic carbocycles. The van der Waals surface area contributed by atoms with Crippen molar-refractivity contribution in [3.8, 4) is 11.5 Å². The van der Waals surface area contributed by atoms with E-state index in [1.807, 2.05) is 0 Å². The highest BCUT2D eigenvalue weighted by Crippen LogP contribution is 2.49. The highest BCUT2D eigenvalue weighted by molar-refractivity contribution is 6.13. The summed E-state index contributed by atoms with van der Waals surface area (Å²) in [6.45, 7) is 0. The van der Waals surface area contributed by atoms with Crippen LogP contribution in [0.3, 0.4) is 0 Å². The Morgan fingerprint density at radius 1 is 0.455 bits per heavy atom. The van der Waals surface area contributed by atoms with E-state index < -0.39 is 91.5 Å². The second-order valence-corrected chi connectivity index (χ2v) is 11.7. The summed E-state index contributed by atoms with van der Waals surface area (Å²) in [6, 6.07) is 0. The molecule has 238 valence electrons. The van der Waals surface area contributed by atoms with Crippen molar-refractivity contribution in [1.29, 1.82) is 0 Å². The van der Waals surface area contributed by atoms with Crippen LogP contribution in [0.4, 0.5) is 35.1 Å². The van der Waals surface area contributed by atoms with Crippen molar-refractivity contribution >= 4 is 33.5 Å². The van der Waals surface area contributed by atoms with E-state index in [1.165, 1.54) is 0 Å². The number of hydrogen-bond donors (Lipinski definition) is 0. The summed E-state index contributed by atoms with van der Waals surface area (Å²) in [5.74, 6) is -23.4. The molecule has 44 heavy (non-hydrogen) atoms. The second kappa shape index (κ2) is 13.3. The van der Waals surface area contributed by atoms with Gasteiger partial charge in [0.2, 0.25) is 0 Å². The van der Waals surface area contributed by atoms with Crippen LogP contribution in [-0.2, 0) is 9.59 Å². The Morgan fingerprint density at radius 2 is 0.727 bits per heavy atom.